The number of esters is 2. The lowest BCUT2D eigenvalue weighted by molar-refractivity contribution is 0.0553. The van der Waals surface area contributed by atoms with Crippen LogP contribution in [0.2, 0.25) is 0 Å². The largest absolute Gasteiger partial charge is 0.465 e. The first-order valence-electron chi connectivity index (χ1n) is 4.41. The van der Waals surface area contributed by atoms with Gasteiger partial charge in [0.05, 0.1) is 25.3 Å². The number of carbonyl (C=O) groups is 2. The van der Waals surface area contributed by atoms with E-state index >= 15 is 0 Å². The molecule has 1 N–H and O–H groups in total. The molecule has 1 aromatic rings. The Hall–Kier alpha value is -2.11. The number of rotatable bonds is 2. The van der Waals surface area contributed by atoms with Crippen LogP contribution in [0.1, 0.15) is 26.3 Å². The molecule has 0 aliphatic carbocycles. The maximum atomic E-state index is 11.4. The monoisotopic (exact) mass is 225 g/mol. The van der Waals surface area contributed by atoms with E-state index in [-0.39, 0.29) is 16.7 Å². The average molecular weight is 225 g/mol. The molecule has 6 heteroatoms. The van der Waals surface area contributed by atoms with Crippen molar-refractivity contribution >= 4 is 11.9 Å². The Morgan fingerprint density at radius 2 is 1.75 bits per heavy atom. The van der Waals surface area contributed by atoms with E-state index in [9.17, 15) is 14.4 Å². The fourth-order valence-electron chi connectivity index (χ4n) is 1.27. The van der Waals surface area contributed by atoms with Crippen molar-refractivity contribution < 1.29 is 19.1 Å². The van der Waals surface area contributed by atoms with Crippen molar-refractivity contribution in [2.24, 2.45) is 0 Å². The zero-order valence-corrected chi connectivity index (χ0v) is 9.12. The minimum Gasteiger partial charge on any atom is -0.465 e. The predicted octanol–water partition coefficient (Wildman–Crippen LogP) is 0.257. The van der Waals surface area contributed by atoms with E-state index in [2.05, 4.69) is 14.5 Å². The molecular formula is C10H11NO5. The van der Waals surface area contributed by atoms with E-state index in [0.717, 1.165) is 6.20 Å². The first-order valence-corrected chi connectivity index (χ1v) is 4.41. The summed E-state index contributed by atoms with van der Waals surface area (Å²) in [6.45, 7) is 1.43. The molecule has 0 saturated heterocycles. The van der Waals surface area contributed by atoms with Gasteiger partial charge in [-0.25, -0.2) is 9.59 Å². The molecule has 0 aliphatic rings. The quantitative estimate of drug-likeness (QED) is 0.729. The Labute approximate surface area is 91.2 Å². The van der Waals surface area contributed by atoms with Crippen LogP contribution in [-0.4, -0.2) is 31.1 Å². The van der Waals surface area contributed by atoms with Crippen LogP contribution in [0.3, 0.4) is 0 Å². The van der Waals surface area contributed by atoms with E-state index in [1.54, 1.807) is 0 Å². The molecular weight excluding hydrogens is 214 g/mol. The van der Waals surface area contributed by atoms with E-state index in [1.165, 1.54) is 21.1 Å². The van der Waals surface area contributed by atoms with E-state index in [4.69, 9.17) is 0 Å². The number of hydrogen-bond acceptors (Lipinski definition) is 5. The third-order valence-electron chi connectivity index (χ3n) is 2.13. The van der Waals surface area contributed by atoms with Gasteiger partial charge in [0.2, 0.25) is 0 Å². The number of carbonyl (C=O) groups excluding carboxylic acids is 2. The number of aromatic amines is 1. The topological polar surface area (TPSA) is 85.5 Å². The molecule has 0 aromatic carbocycles. The summed E-state index contributed by atoms with van der Waals surface area (Å²) in [6.07, 6.45) is 1.13. The van der Waals surface area contributed by atoms with Crippen LogP contribution >= 0.6 is 0 Å². The zero-order chi connectivity index (χ0) is 12.3. The van der Waals surface area contributed by atoms with Crippen molar-refractivity contribution in [2.45, 2.75) is 6.92 Å². The third-order valence-corrected chi connectivity index (χ3v) is 2.13. The SMILES string of the molecule is COC(=O)c1c[nH]c(=O)c(C)c1C(=O)OC. The molecule has 0 aliphatic heterocycles. The Morgan fingerprint density at radius 3 is 2.25 bits per heavy atom. The summed E-state index contributed by atoms with van der Waals surface area (Å²) in [4.78, 5) is 36.5. The van der Waals surface area contributed by atoms with Crippen molar-refractivity contribution in [3.63, 3.8) is 0 Å². The maximum Gasteiger partial charge on any atom is 0.340 e. The molecule has 1 rings (SSSR count). The normalized spacial score (nSPS) is 9.69. The lowest BCUT2D eigenvalue weighted by atomic mass is 10.1. The fourth-order valence-corrected chi connectivity index (χ4v) is 1.27. The van der Waals surface area contributed by atoms with Crippen LogP contribution < -0.4 is 5.56 Å². The van der Waals surface area contributed by atoms with Gasteiger partial charge >= 0.3 is 11.9 Å². The highest BCUT2D eigenvalue weighted by Gasteiger charge is 2.22. The molecule has 0 radical (unpaired) electrons. The number of H-pyrrole nitrogens is 1. The highest BCUT2D eigenvalue weighted by atomic mass is 16.5. The Morgan fingerprint density at radius 1 is 1.19 bits per heavy atom. The molecule has 86 valence electrons. The van der Waals surface area contributed by atoms with Gasteiger partial charge in [-0.2, -0.15) is 0 Å². The second-order valence-electron chi connectivity index (χ2n) is 3.01. The van der Waals surface area contributed by atoms with Gasteiger partial charge in [-0.1, -0.05) is 0 Å². The summed E-state index contributed by atoms with van der Waals surface area (Å²) in [5.41, 5.74) is -0.424. The van der Waals surface area contributed by atoms with Crippen molar-refractivity contribution in [3.05, 3.63) is 33.2 Å². The van der Waals surface area contributed by atoms with Gasteiger partial charge in [0.15, 0.2) is 0 Å². The second kappa shape index (κ2) is 4.61. The van der Waals surface area contributed by atoms with Crippen molar-refractivity contribution in [1.29, 1.82) is 0 Å². The van der Waals surface area contributed by atoms with E-state index < -0.39 is 17.5 Å². The summed E-state index contributed by atoms with van der Waals surface area (Å²) in [5, 5.41) is 0. The van der Waals surface area contributed by atoms with E-state index in [1.807, 2.05) is 0 Å². The lowest BCUT2D eigenvalue weighted by Crippen LogP contribution is -2.21. The van der Waals surface area contributed by atoms with Gasteiger partial charge in [-0.15, -0.1) is 0 Å². The van der Waals surface area contributed by atoms with Gasteiger partial charge in [-0.05, 0) is 6.92 Å². The Kier molecular flexibility index (Phi) is 3.44. The zero-order valence-electron chi connectivity index (χ0n) is 9.12. The number of nitrogens with one attached hydrogen (secondary N) is 1. The van der Waals surface area contributed by atoms with Crippen LogP contribution in [-0.2, 0) is 9.47 Å². The van der Waals surface area contributed by atoms with Gasteiger partial charge in [0.25, 0.3) is 5.56 Å². The molecule has 0 spiro atoms. The molecule has 1 heterocycles. The first kappa shape index (κ1) is 12.0. The second-order valence-corrected chi connectivity index (χ2v) is 3.01. The summed E-state index contributed by atoms with van der Waals surface area (Å²) >= 11 is 0. The van der Waals surface area contributed by atoms with Gasteiger partial charge in [0.1, 0.15) is 0 Å². The highest BCUT2D eigenvalue weighted by Crippen LogP contribution is 2.12. The molecule has 0 atom stereocenters. The van der Waals surface area contributed by atoms with Crippen LogP contribution in [0.25, 0.3) is 0 Å². The number of ether oxygens (including phenoxy) is 2. The van der Waals surface area contributed by atoms with Crippen molar-refractivity contribution in [1.82, 2.24) is 4.98 Å². The van der Waals surface area contributed by atoms with Crippen molar-refractivity contribution in [3.8, 4) is 0 Å². The summed E-state index contributed by atoms with van der Waals surface area (Å²) in [6, 6.07) is 0. The summed E-state index contributed by atoms with van der Waals surface area (Å²) in [5.74, 6) is -1.45. The van der Waals surface area contributed by atoms with E-state index in [0.29, 0.717) is 0 Å². The molecule has 0 bridgehead atoms. The number of aromatic nitrogens is 1. The smallest absolute Gasteiger partial charge is 0.340 e. The molecule has 16 heavy (non-hydrogen) atoms. The number of hydrogen-bond donors (Lipinski definition) is 1. The first-order chi connectivity index (χ1) is 7.52. The molecule has 0 fully saturated rings. The molecule has 6 nitrogen and oxygen atoms in total. The average Bonchev–Trinajstić information content (AvgIpc) is 2.30. The number of methoxy groups -OCH3 is 2. The van der Waals surface area contributed by atoms with Gasteiger partial charge in [-0.3, -0.25) is 4.79 Å². The Bertz CT molecular complexity index is 488. The fraction of sp³-hybridized carbons (Fsp3) is 0.300. The summed E-state index contributed by atoms with van der Waals surface area (Å²) in [7, 11) is 2.36. The minimum atomic E-state index is -0.746. The molecule has 0 amide bonds. The molecule has 0 unspecified atom stereocenters. The highest BCUT2D eigenvalue weighted by molar-refractivity contribution is 6.03. The number of pyridine rings is 1. The predicted molar refractivity (Wildman–Crippen MR) is 54.5 cm³/mol. The van der Waals surface area contributed by atoms with Gasteiger partial charge in [0, 0.05) is 11.8 Å². The van der Waals surface area contributed by atoms with Crippen LogP contribution in [0.5, 0.6) is 0 Å². The maximum absolute atomic E-state index is 11.4. The standard InChI is InChI=1S/C10H11NO5/c1-5-7(10(14)16-3)6(9(13)15-2)4-11-8(5)12/h4H,1-3H3,(H,11,12). The van der Waals surface area contributed by atoms with Crippen molar-refractivity contribution in [2.75, 3.05) is 14.2 Å². The molecule has 0 saturated carbocycles. The Balaban J connectivity index is 3.51. The summed E-state index contributed by atoms with van der Waals surface area (Å²) < 4.78 is 9.01. The molecule has 1 aromatic heterocycles. The van der Waals surface area contributed by atoms with Crippen LogP contribution in [0, 0.1) is 6.92 Å². The minimum absolute atomic E-state index is 0.0218. The lowest BCUT2D eigenvalue weighted by Gasteiger charge is -2.07. The van der Waals surface area contributed by atoms with Gasteiger partial charge < -0.3 is 14.5 Å². The van der Waals surface area contributed by atoms with Crippen LogP contribution in [0.15, 0.2) is 11.0 Å². The third kappa shape index (κ3) is 1.95. The van der Waals surface area contributed by atoms with Crippen LogP contribution in [0.4, 0.5) is 0 Å².